The number of ketones is 1. The van der Waals surface area contributed by atoms with Gasteiger partial charge in [-0.15, -0.1) is 0 Å². The van der Waals surface area contributed by atoms with E-state index in [-0.39, 0.29) is 35.8 Å². The van der Waals surface area contributed by atoms with Crippen LogP contribution in [0.2, 0.25) is 0 Å². The van der Waals surface area contributed by atoms with Crippen LogP contribution in [0.1, 0.15) is 50.9 Å². The number of fused-ring (bicyclic) bond motifs is 7. The van der Waals surface area contributed by atoms with Crippen LogP contribution >= 0.6 is 0 Å². The van der Waals surface area contributed by atoms with Gasteiger partial charge in [-0.2, -0.15) is 0 Å². The average molecular weight is 498 g/mol. The molecule has 5 rings (SSSR count). The topological polar surface area (TPSA) is 109 Å². The zero-order valence-corrected chi connectivity index (χ0v) is 21.9. The molecule has 0 aromatic heterocycles. The number of Topliss-reactive ketones (excluding diaryl/α,β-unsaturated/α-hetero) is 1. The lowest BCUT2D eigenvalue weighted by atomic mass is 9.57. The van der Waals surface area contributed by atoms with Gasteiger partial charge >= 0.3 is 0 Å². The smallest absolute Gasteiger partial charge is 0.167 e. The number of piperidine rings is 1. The van der Waals surface area contributed by atoms with Gasteiger partial charge in [0.25, 0.3) is 0 Å². The van der Waals surface area contributed by atoms with Crippen LogP contribution in [0.4, 0.5) is 0 Å². The first-order chi connectivity index (χ1) is 17.1. The number of benzene rings is 2. The summed E-state index contributed by atoms with van der Waals surface area (Å²) in [5.41, 5.74) is 5.17. The van der Waals surface area contributed by atoms with Crippen molar-refractivity contribution in [1.82, 2.24) is 4.90 Å². The first-order valence-electron chi connectivity index (χ1n) is 12.4. The highest BCUT2D eigenvalue weighted by molar-refractivity contribution is 5.91. The predicted octanol–water partition coefficient (Wildman–Crippen LogP) is 3.09. The van der Waals surface area contributed by atoms with Crippen molar-refractivity contribution in [3.8, 4) is 28.7 Å². The van der Waals surface area contributed by atoms with Crippen LogP contribution in [-0.2, 0) is 17.6 Å². The van der Waals surface area contributed by atoms with Crippen LogP contribution in [0.15, 0.2) is 0 Å². The van der Waals surface area contributed by atoms with E-state index < -0.39 is 17.9 Å². The fourth-order valence-electron chi connectivity index (χ4n) is 7.38. The molecule has 2 aromatic carbocycles. The molecular weight excluding hydrogens is 462 g/mol. The van der Waals surface area contributed by atoms with E-state index in [1.165, 1.54) is 7.11 Å². The molecule has 5 atom stereocenters. The maximum Gasteiger partial charge on any atom is 0.167 e. The van der Waals surface area contributed by atoms with Crippen LogP contribution in [0.3, 0.4) is 0 Å². The minimum absolute atomic E-state index is 0.0578. The van der Waals surface area contributed by atoms with E-state index in [0.717, 1.165) is 22.3 Å². The number of nitrogens with zero attached hydrogens (tertiary/aromatic N) is 1. The van der Waals surface area contributed by atoms with Gasteiger partial charge in [0.1, 0.15) is 17.2 Å². The Labute approximate surface area is 211 Å². The number of methoxy groups -OCH3 is 3. The molecular formula is C28H35NO7. The van der Waals surface area contributed by atoms with Crippen LogP contribution in [0, 0.1) is 32.6 Å². The van der Waals surface area contributed by atoms with E-state index in [9.17, 15) is 20.1 Å². The number of phenols is 2. The molecule has 8 nitrogen and oxygen atoms in total. The second-order valence-electron chi connectivity index (χ2n) is 10.4. The maximum absolute atomic E-state index is 14.1. The van der Waals surface area contributed by atoms with Crippen molar-refractivity contribution in [2.75, 3.05) is 35.0 Å². The number of carbonyl (C=O) groups excluding carboxylic acids is 1. The van der Waals surface area contributed by atoms with E-state index in [2.05, 4.69) is 0 Å². The SMILES string of the molecule is COc1c(C)c(OC)c2c(c1O)[C@@H]1[C@@H]3Cc4c(O)c(C)c(C)c(OC)c4[C@H](CO)C3C(=O)[C@H](C2)N1C. The number of hydrogen-bond acceptors (Lipinski definition) is 8. The normalized spacial score (nSPS) is 26.7. The first-order valence-corrected chi connectivity index (χ1v) is 12.4. The van der Waals surface area contributed by atoms with E-state index in [1.54, 1.807) is 14.2 Å². The third-order valence-electron chi connectivity index (χ3n) is 9.07. The molecule has 2 bridgehead atoms. The van der Waals surface area contributed by atoms with Gasteiger partial charge in [-0.3, -0.25) is 9.69 Å². The fraction of sp³-hybridized carbons (Fsp3) is 0.536. The summed E-state index contributed by atoms with van der Waals surface area (Å²) < 4.78 is 17.1. The Kier molecular flexibility index (Phi) is 5.87. The molecule has 2 aliphatic heterocycles. The quantitative estimate of drug-likeness (QED) is 0.592. The number of rotatable bonds is 4. The number of likely N-dealkylation sites (N-methyl/N-ethyl adjacent to an activating group) is 1. The lowest BCUT2D eigenvalue weighted by molar-refractivity contribution is -0.142. The van der Waals surface area contributed by atoms with Crippen molar-refractivity contribution in [2.24, 2.45) is 11.8 Å². The van der Waals surface area contributed by atoms with E-state index in [0.29, 0.717) is 46.8 Å². The Bertz CT molecular complexity index is 1270. The molecule has 1 unspecified atom stereocenters. The largest absolute Gasteiger partial charge is 0.507 e. The highest BCUT2D eigenvalue weighted by Crippen LogP contribution is 2.60. The van der Waals surface area contributed by atoms with Crippen LogP contribution in [-0.4, -0.2) is 67.0 Å². The first kappa shape index (κ1) is 24.7. The molecule has 3 N–H and O–H groups in total. The number of aliphatic hydroxyl groups is 1. The lowest BCUT2D eigenvalue weighted by Crippen LogP contribution is -2.60. The second-order valence-corrected chi connectivity index (χ2v) is 10.4. The zero-order valence-electron chi connectivity index (χ0n) is 21.9. The summed E-state index contributed by atoms with van der Waals surface area (Å²) in [5, 5.41) is 33.3. The number of aliphatic hydroxyl groups excluding tert-OH is 1. The highest BCUT2D eigenvalue weighted by atomic mass is 16.5. The van der Waals surface area contributed by atoms with E-state index in [1.807, 2.05) is 32.7 Å². The Morgan fingerprint density at radius 1 is 0.833 bits per heavy atom. The molecule has 1 fully saturated rings. The Hall–Kier alpha value is -2.97. The molecule has 2 aromatic rings. The average Bonchev–Trinajstić information content (AvgIpc) is 2.86. The van der Waals surface area contributed by atoms with Crippen molar-refractivity contribution in [3.63, 3.8) is 0 Å². The molecule has 1 saturated heterocycles. The van der Waals surface area contributed by atoms with Gasteiger partial charge in [0.05, 0.1) is 34.0 Å². The van der Waals surface area contributed by atoms with Crippen molar-refractivity contribution < 1.29 is 34.3 Å². The number of aromatic hydroxyl groups is 2. The molecule has 36 heavy (non-hydrogen) atoms. The molecule has 8 heteroatoms. The molecule has 0 saturated carbocycles. The fourth-order valence-corrected chi connectivity index (χ4v) is 7.38. The molecule has 2 heterocycles. The zero-order chi connectivity index (χ0) is 26.2. The van der Waals surface area contributed by atoms with Gasteiger partial charge in [-0.25, -0.2) is 0 Å². The maximum atomic E-state index is 14.1. The highest BCUT2D eigenvalue weighted by Gasteiger charge is 2.57. The number of ether oxygens (including phenoxy) is 3. The van der Waals surface area contributed by atoms with Gasteiger partial charge < -0.3 is 29.5 Å². The van der Waals surface area contributed by atoms with Crippen LogP contribution < -0.4 is 14.2 Å². The van der Waals surface area contributed by atoms with Gasteiger partial charge in [0.2, 0.25) is 0 Å². The van der Waals surface area contributed by atoms with Gasteiger partial charge in [0, 0.05) is 45.7 Å². The summed E-state index contributed by atoms with van der Waals surface area (Å²) in [4.78, 5) is 16.2. The van der Waals surface area contributed by atoms with Gasteiger partial charge in [0.15, 0.2) is 17.3 Å². The van der Waals surface area contributed by atoms with Crippen molar-refractivity contribution in [3.05, 3.63) is 38.9 Å². The van der Waals surface area contributed by atoms with Crippen molar-refractivity contribution >= 4 is 5.78 Å². The molecule has 0 radical (unpaired) electrons. The minimum atomic E-state index is -0.525. The third kappa shape index (κ3) is 2.97. The lowest BCUT2D eigenvalue weighted by Gasteiger charge is -2.55. The Morgan fingerprint density at radius 3 is 2.06 bits per heavy atom. The minimum Gasteiger partial charge on any atom is -0.507 e. The number of phenolic OH excluding ortho intramolecular Hbond substituents is 2. The second kappa shape index (κ2) is 8.56. The predicted molar refractivity (Wildman–Crippen MR) is 134 cm³/mol. The van der Waals surface area contributed by atoms with E-state index in [4.69, 9.17) is 14.2 Å². The van der Waals surface area contributed by atoms with E-state index >= 15 is 0 Å². The summed E-state index contributed by atoms with van der Waals surface area (Å²) in [6.45, 7) is 5.32. The molecule has 1 aliphatic carbocycles. The Balaban J connectivity index is 1.80. The summed E-state index contributed by atoms with van der Waals surface area (Å²) in [6, 6.07) is -0.759. The van der Waals surface area contributed by atoms with Gasteiger partial charge in [-0.05, 0) is 57.7 Å². The number of carbonyl (C=O) groups is 1. The summed E-state index contributed by atoms with van der Waals surface area (Å²) in [7, 11) is 6.60. The van der Waals surface area contributed by atoms with Crippen molar-refractivity contribution in [1.29, 1.82) is 0 Å². The van der Waals surface area contributed by atoms with Crippen LogP contribution in [0.25, 0.3) is 0 Å². The summed E-state index contributed by atoms with van der Waals surface area (Å²) in [5.74, 6) is 0.595. The van der Waals surface area contributed by atoms with Crippen LogP contribution in [0.5, 0.6) is 28.7 Å². The van der Waals surface area contributed by atoms with Gasteiger partial charge in [-0.1, -0.05) is 0 Å². The van der Waals surface area contributed by atoms with Crippen molar-refractivity contribution in [2.45, 2.75) is 51.6 Å². The number of hydrogen-bond donors (Lipinski definition) is 3. The standard InChI is InChI=1S/C28H35NO7/c1-11-12(2)27(35-6)20-15(23(11)31)8-14-19(17(20)10-30)24(32)18-9-16-21(22(14)29(18)4)25(33)28(36-7)13(3)26(16)34-5/h14,17-19,22,30-31,33H,8-10H2,1-7H3/t14-,17-,18+,19?,22+/m1/s1. The third-order valence-corrected chi connectivity index (χ3v) is 9.07. The summed E-state index contributed by atoms with van der Waals surface area (Å²) in [6.07, 6.45) is 0.803. The monoisotopic (exact) mass is 497 g/mol. The molecule has 0 amide bonds. The molecule has 0 spiro atoms. The Morgan fingerprint density at radius 2 is 1.47 bits per heavy atom. The molecule has 194 valence electrons. The summed E-state index contributed by atoms with van der Waals surface area (Å²) >= 11 is 0. The molecule has 3 aliphatic rings.